The van der Waals surface area contributed by atoms with Gasteiger partial charge in [-0.05, 0) is 29.9 Å². The van der Waals surface area contributed by atoms with Crippen molar-refractivity contribution >= 4 is 0 Å². The molecule has 0 saturated heterocycles. The lowest BCUT2D eigenvalue weighted by Crippen LogP contribution is -2.23. The molecule has 192 valence electrons. The first-order valence-electron chi connectivity index (χ1n) is 11.0. The topological polar surface area (TPSA) is 40.5 Å². The average molecular weight is 497 g/mol. The van der Waals surface area contributed by atoms with E-state index >= 15 is 0 Å². The van der Waals surface area contributed by atoms with Crippen molar-refractivity contribution in [3.63, 3.8) is 0 Å². The number of benzene rings is 2. The van der Waals surface area contributed by atoms with Gasteiger partial charge in [-0.1, -0.05) is 64.1 Å². The largest absolute Gasteiger partial charge is 0.507 e. The number of phenols is 2. The molecule has 9 heteroatoms. The van der Waals surface area contributed by atoms with Crippen LogP contribution in [0.3, 0.4) is 0 Å². The predicted octanol–water partition coefficient (Wildman–Crippen LogP) is 8.53. The lowest BCUT2D eigenvalue weighted by atomic mass is 9.88. The van der Waals surface area contributed by atoms with Crippen LogP contribution in [-0.4, -0.2) is 29.2 Å². The molecular formula is C25H31F7O2. The molecule has 34 heavy (non-hydrogen) atoms. The molecule has 2 aromatic rings. The first kappa shape index (κ1) is 29.6. The Bertz CT molecular complexity index is 865. The van der Waals surface area contributed by atoms with Crippen LogP contribution in [0.15, 0.2) is 36.4 Å². The Morgan fingerprint density at radius 3 is 1.47 bits per heavy atom. The molecule has 0 aliphatic heterocycles. The van der Waals surface area contributed by atoms with Crippen molar-refractivity contribution in [3.05, 3.63) is 58.7 Å². The van der Waals surface area contributed by atoms with Crippen LogP contribution in [0, 0.1) is 0 Å². The quantitative estimate of drug-likeness (QED) is 0.377. The second-order valence-corrected chi connectivity index (χ2v) is 8.24. The summed E-state index contributed by atoms with van der Waals surface area (Å²) in [5.41, 5.74) is 0.579. The maximum Gasteiger partial charge on any atom is 0.395 e. The lowest BCUT2D eigenvalue weighted by Gasteiger charge is -2.24. The molecule has 2 nitrogen and oxygen atoms in total. The zero-order chi connectivity index (χ0) is 26.3. The molecule has 0 radical (unpaired) electrons. The second kappa shape index (κ2) is 12.3. The summed E-state index contributed by atoms with van der Waals surface area (Å²) in [6.07, 6.45) is -9.66. The number of alkyl halides is 7. The summed E-state index contributed by atoms with van der Waals surface area (Å²) in [7, 11) is 0. The van der Waals surface area contributed by atoms with E-state index in [0.717, 1.165) is 23.8 Å². The van der Waals surface area contributed by atoms with Crippen molar-refractivity contribution in [1.82, 2.24) is 0 Å². The second-order valence-electron chi connectivity index (χ2n) is 8.24. The number of rotatable bonds is 7. The van der Waals surface area contributed by atoms with E-state index in [4.69, 9.17) is 0 Å². The minimum atomic E-state index is -4.62. The number of hydrogen-bond donors (Lipinski definition) is 2. The summed E-state index contributed by atoms with van der Waals surface area (Å²) in [6.45, 7) is 6.13. The number of para-hydroxylation sites is 2. The summed E-state index contributed by atoms with van der Waals surface area (Å²) in [5.74, 6) is -4.34. The predicted molar refractivity (Wildman–Crippen MR) is 118 cm³/mol. The van der Waals surface area contributed by atoms with Crippen LogP contribution in [0.4, 0.5) is 30.7 Å². The van der Waals surface area contributed by atoms with Gasteiger partial charge in [-0.15, -0.1) is 0 Å². The number of halogens is 7. The van der Waals surface area contributed by atoms with E-state index in [-0.39, 0.29) is 24.5 Å². The van der Waals surface area contributed by atoms with Crippen LogP contribution in [0.1, 0.15) is 80.5 Å². The van der Waals surface area contributed by atoms with Crippen molar-refractivity contribution in [3.8, 4) is 11.5 Å². The van der Waals surface area contributed by atoms with Crippen molar-refractivity contribution < 1.29 is 40.9 Å². The average Bonchev–Trinajstić information content (AvgIpc) is 2.71. The van der Waals surface area contributed by atoms with Crippen molar-refractivity contribution in [2.24, 2.45) is 0 Å². The van der Waals surface area contributed by atoms with Crippen LogP contribution in [0.25, 0.3) is 0 Å². The molecule has 0 aliphatic rings. The Morgan fingerprint density at radius 2 is 1.12 bits per heavy atom. The summed E-state index contributed by atoms with van der Waals surface area (Å²) < 4.78 is 89.5. The van der Waals surface area contributed by atoms with Crippen LogP contribution in [0.5, 0.6) is 11.5 Å². The van der Waals surface area contributed by atoms with Gasteiger partial charge in [0.2, 0.25) is 0 Å². The van der Waals surface area contributed by atoms with E-state index < -0.39 is 47.7 Å². The molecule has 2 atom stereocenters. The van der Waals surface area contributed by atoms with E-state index in [1.54, 1.807) is 6.07 Å². The Hall–Kier alpha value is -2.45. The molecule has 0 amide bonds. The van der Waals surface area contributed by atoms with Gasteiger partial charge in [0.25, 0.3) is 0 Å². The van der Waals surface area contributed by atoms with Crippen LogP contribution in [-0.2, 0) is 6.42 Å². The zero-order valence-corrected chi connectivity index (χ0v) is 19.6. The van der Waals surface area contributed by atoms with E-state index in [2.05, 4.69) is 0 Å². The molecule has 0 aromatic heterocycles. The molecule has 0 heterocycles. The van der Waals surface area contributed by atoms with Gasteiger partial charge in [-0.2, -0.15) is 26.3 Å². The molecule has 0 fully saturated rings. The molecule has 0 saturated carbocycles. The molecule has 2 N–H and O–H groups in total. The van der Waals surface area contributed by atoms with Crippen molar-refractivity contribution in [1.29, 1.82) is 0 Å². The number of aromatic hydroxyl groups is 2. The standard InChI is InChI=1S/C14H16F6O.C11H15FO/c1-3-10(13(15,16)17)8-6-5-7-9(12(8)21)11(4-2)14(18,19)20;1-8(2)10-5-3-4-9(6-7-12)11(10)13/h5-7,10-11,21H,3-4H2,1-2H3;3-5,8,13H,6-7H2,1-2H3. The smallest absolute Gasteiger partial charge is 0.395 e. The highest BCUT2D eigenvalue weighted by molar-refractivity contribution is 5.45. The summed E-state index contributed by atoms with van der Waals surface area (Å²) >= 11 is 0. The first-order valence-corrected chi connectivity index (χ1v) is 11.0. The molecule has 2 rings (SSSR count). The molecular weight excluding hydrogens is 465 g/mol. The summed E-state index contributed by atoms with van der Waals surface area (Å²) in [6, 6.07) is 8.66. The highest BCUT2D eigenvalue weighted by Gasteiger charge is 2.44. The highest BCUT2D eigenvalue weighted by atomic mass is 19.4. The summed E-state index contributed by atoms with van der Waals surface area (Å²) in [4.78, 5) is 0. The molecule has 2 aromatic carbocycles. The molecule has 0 aliphatic carbocycles. The van der Waals surface area contributed by atoms with E-state index in [1.807, 2.05) is 26.0 Å². The van der Waals surface area contributed by atoms with Gasteiger partial charge in [0, 0.05) is 17.5 Å². The first-order chi connectivity index (χ1) is 15.7. The monoisotopic (exact) mass is 496 g/mol. The van der Waals surface area contributed by atoms with Gasteiger partial charge >= 0.3 is 12.4 Å². The van der Waals surface area contributed by atoms with Gasteiger partial charge < -0.3 is 10.2 Å². The number of aryl methyl sites for hydroxylation is 1. The fourth-order valence-electron chi connectivity index (χ4n) is 3.78. The fourth-order valence-corrected chi connectivity index (χ4v) is 3.78. The Balaban J connectivity index is 0.000000380. The third kappa shape index (κ3) is 7.53. The maximum absolute atomic E-state index is 12.9. The van der Waals surface area contributed by atoms with Gasteiger partial charge in [-0.25, -0.2) is 0 Å². The molecule has 0 spiro atoms. The van der Waals surface area contributed by atoms with Crippen LogP contribution >= 0.6 is 0 Å². The summed E-state index contributed by atoms with van der Waals surface area (Å²) in [5, 5.41) is 19.6. The number of phenolic OH excluding ortho intramolecular Hbond substituents is 2. The SMILES string of the molecule is CC(C)c1cccc(CCF)c1O.CCC(c1cccc(C(CC)C(F)(F)F)c1O)C(F)(F)F. The molecule has 2 unspecified atom stereocenters. The maximum atomic E-state index is 12.9. The highest BCUT2D eigenvalue weighted by Crippen LogP contribution is 2.46. The number of hydrogen-bond acceptors (Lipinski definition) is 2. The minimum Gasteiger partial charge on any atom is -0.507 e. The van der Waals surface area contributed by atoms with Gasteiger partial charge in [0.15, 0.2) is 0 Å². The van der Waals surface area contributed by atoms with Crippen molar-refractivity contribution in [2.45, 2.75) is 77.1 Å². The van der Waals surface area contributed by atoms with Gasteiger partial charge in [-0.3, -0.25) is 4.39 Å². The normalized spacial score (nSPS) is 13.9. The van der Waals surface area contributed by atoms with Crippen molar-refractivity contribution in [2.75, 3.05) is 6.67 Å². The third-order valence-corrected chi connectivity index (χ3v) is 5.59. The van der Waals surface area contributed by atoms with Gasteiger partial charge in [0.05, 0.1) is 18.5 Å². The van der Waals surface area contributed by atoms with E-state index in [1.165, 1.54) is 13.8 Å². The zero-order valence-electron chi connectivity index (χ0n) is 19.6. The molecule has 0 bridgehead atoms. The Kier molecular flexibility index (Phi) is 10.7. The van der Waals surface area contributed by atoms with Gasteiger partial charge in [0.1, 0.15) is 11.5 Å². The van der Waals surface area contributed by atoms with Crippen LogP contribution < -0.4 is 0 Å². The Labute approximate surface area is 195 Å². The Morgan fingerprint density at radius 1 is 0.706 bits per heavy atom. The van der Waals surface area contributed by atoms with Crippen LogP contribution in [0.2, 0.25) is 0 Å². The minimum absolute atomic E-state index is 0.259. The fraction of sp³-hybridized carbons (Fsp3) is 0.520. The lowest BCUT2D eigenvalue weighted by molar-refractivity contribution is -0.152. The van der Waals surface area contributed by atoms with E-state index in [0.29, 0.717) is 12.0 Å². The van der Waals surface area contributed by atoms with E-state index in [9.17, 15) is 40.9 Å². The third-order valence-electron chi connectivity index (χ3n) is 5.59.